The second-order valence-corrected chi connectivity index (χ2v) is 6.61. The predicted molar refractivity (Wildman–Crippen MR) is 67.5 cm³/mol. The Labute approximate surface area is 107 Å². The molecule has 1 saturated heterocycles. The first-order valence-electron chi connectivity index (χ1n) is 5.78. The van der Waals surface area contributed by atoms with E-state index in [9.17, 15) is 13.2 Å². The van der Waals surface area contributed by atoms with E-state index < -0.39 is 16.1 Å². The fourth-order valence-corrected chi connectivity index (χ4v) is 3.60. The third kappa shape index (κ3) is 5.23. The zero-order valence-electron chi connectivity index (χ0n) is 9.91. The van der Waals surface area contributed by atoms with Gasteiger partial charge in [0.15, 0.2) is 0 Å². The summed E-state index contributed by atoms with van der Waals surface area (Å²) in [5.41, 5.74) is 0. The zero-order chi connectivity index (χ0) is 12.9. The molecule has 2 atom stereocenters. The molecule has 1 amide bonds. The molecule has 0 bridgehead atoms. The highest BCUT2D eigenvalue weighted by Crippen LogP contribution is 2.08. The fraction of sp³-hybridized carbons (Fsp3) is 0.900. The molecular weight excluding hydrogens is 264 g/mol. The van der Waals surface area contributed by atoms with Crippen LogP contribution in [0.25, 0.3) is 0 Å². The Morgan fingerprint density at radius 2 is 2.24 bits per heavy atom. The lowest BCUT2D eigenvalue weighted by Gasteiger charge is -2.16. The predicted octanol–water partition coefficient (Wildman–Crippen LogP) is 0.449. The third-order valence-corrected chi connectivity index (χ3v) is 4.80. The van der Waals surface area contributed by atoms with Gasteiger partial charge in [-0.3, -0.25) is 4.79 Å². The Morgan fingerprint density at radius 1 is 1.53 bits per heavy atom. The SMILES string of the molecule is CC(CCl)CS(=O)(=O)NC1CCCCNC1=O. The van der Waals surface area contributed by atoms with Gasteiger partial charge in [0.05, 0.1) is 5.75 Å². The molecule has 1 aliphatic heterocycles. The van der Waals surface area contributed by atoms with Gasteiger partial charge >= 0.3 is 0 Å². The lowest BCUT2D eigenvalue weighted by molar-refractivity contribution is -0.122. The van der Waals surface area contributed by atoms with Crippen LogP contribution in [-0.2, 0) is 14.8 Å². The number of carbonyl (C=O) groups is 1. The van der Waals surface area contributed by atoms with Crippen LogP contribution in [0.1, 0.15) is 26.2 Å². The highest BCUT2D eigenvalue weighted by Gasteiger charge is 2.26. The lowest BCUT2D eigenvalue weighted by atomic mass is 10.1. The van der Waals surface area contributed by atoms with E-state index in [-0.39, 0.29) is 23.5 Å². The smallest absolute Gasteiger partial charge is 0.238 e. The van der Waals surface area contributed by atoms with E-state index >= 15 is 0 Å². The van der Waals surface area contributed by atoms with Crippen LogP contribution < -0.4 is 10.0 Å². The number of nitrogens with one attached hydrogen (secondary N) is 2. The molecule has 2 unspecified atom stereocenters. The lowest BCUT2D eigenvalue weighted by Crippen LogP contribution is -2.46. The molecule has 0 aromatic rings. The van der Waals surface area contributed by atoms with Gasteiger partial charge in [0.25, 0.3) is 0 Å². The average molecular weight is 283 g/mol. The minimum Gasteiger partial charge on any atom is -0.355 e. The van der Waals surface area contributed by atoms with Gasteiger partial charge in [-0.15, -0.1) is 11.6 Å². The van der Waals surface area contributed by atoms with Gasteiger partial charge in [-0.2, -0.15) is 0 Å². The molecule has 0 spiro atoms. The summed E-state index contributed by atoms with van der Waals surface area (Å²) in [6.07, 6.45) is 2.29. The summed E-state index contributed by atoms with van der Waals surface area (Å²) in [4.78, 5) is 11.6. The maximum Gasteiger partial charge on any atom is 0.238 e. The highest BCUT2D eigenvalue weighted by molar-refractivity contribution is 7.89. The van der Waals surface area contributed by atoms with E-state index in [2.05, 4.69) is 10.0 Å². The normalized spacial score (nSPS) is 23.9. The number of hydrogen-bond donors (Lipinski definition) is 2. The number of sulfonamides is 1. The van der Waals surface area contributed by atoms with Crippen LogP contribution in [0.4, 0.5) is 0 Å². The van der Waals surface area contributed by atoms with Gasteiger partial charge in [0, 0.05) is 12.4 Å². The molecule has 0 aromatic carbocycles. The van der Waals surface area contributed by atoms with Gasteiger partial charge in [0.1, 0.15) is 6.04 Å². The maximum absolute atomic E-state index is 11.8. The zero-order valence-corrected chi connectivity index (χ0v) is 11.5. The quantitative estimate of drug-likeness (QED) is 0.719. The molecule has 0 aromatic heterocycles. The number of amides is 1. The van der Waals surface area contributed by atoms with Crippen LogP contribution >= 0.6 is 11.6 Å². The maximum atomic E-state index is 11.8. The standard InChI is InChI=1S/C10H19ClN2O3S/c1-8(6-11)7-17(15,16)13-9-4-2-3-5-12-10(9)14/h8-9,13H,2-7H2,1H3,(H,12,14). The van der Waals surface area contributed by atoms with Crippen LogP contribution in [0, 0.1) is 5.92 Å². The van der Waals surface area contributed by atoms with E-state index in [1.807, 2.05) is 0 Å². The monoisotopic (exact) mass is 282 g/mol. The van der Waals surface area contributed by atoms with E-state index in [4.69, 9.17) is 11.6 Å². The summed E-state index contributed by atoms with van der Waals surface area (Å²) in [6, 6.07) is -0.634. The van der Waals surface area contributed by atoms with Gasteiger partial charge in [-0.1, -0.05) is 6.92 Å². The van der Waals surface area contributed by atoms with Gasteiger partial charge in [-0.25, -0.2) is 13.1 Å². The second-order valence-electron chi connectivity index (χ2n) is 4.50. The molecule has 2 N–H and O–H groups in total. The van der Waals surface area contributed by atoms with Gasteiger partial charge < -0.3 is 5.32 Å². The van der Waals surface area contributed by atoms with Crippen molar-refractivity contribution in [2.24, 2.45) is 5.92 Å². The largest absolute Gasteiger partial charge is 0.355 e. The average Bonchev–Trinajstić information content (AvgIpc) is 2.43. The van der Waals surface area contributed by atoms with Gasteiger partial charge in [-0.05, 0) is 25.2 Å². The summed E-state index contributed by atoms with van der Waals surface area (Å²) in [7, 11) is -3.44. The second kappa shape index (κ2) is 6.56. The molecule has 0 aliphatic carbocycles. The number of carbonyl (C=O) groups excluding carboxylic acids is 1. The summed E-state index contributed by atoms with van der Waals surface area (Å²) >= 11 is 5.58. The Morgan fingerprint density at radius 3 is 2.88 bits per heavy atom. The number of halogens is 1. The third-order valence-electron chi connectivity index (χ3n) is 2.62. The van der Waals surface area contributed by atoms with Crippen LogP contribution in [-0.4, -0.2) is 38.5 Å². The summed E-state index contributed by atoms with van der Waals surface area (Å²) in [5, 5.41) is 2.69. The van der Waals surface area contributed by atoms with Crippen molar-refractivity contribution in [2.45, 2.75) is 32.2 Å². The van der Waals surface area contributed by atoms with Crippen molar-refractivity contribution < 1.29 is 13.2 Å². The van der Waals surface area contributed by atoms with Crippen molar-refractivity contribution in [3.05, 3.63) is 0 Å². The van der Waals surface area contributed by atoms with Crippen molar-refractivity contribution in [2.75, 3.05) is 18.2 Å². The Kier molecular flexibility index (Phi) is 5.69. The number of alkyl halides is 1. The first-order chi connectivity index (χ1) is 7.94. The van der Waals surface area contributed by atoms with E-state index in [0.29, 0.717) is 13.0 Å². The molecule has 100 valence electrons. The minimum atomic E-state index is -3.44. The van der Waals surface area contributed by atoms with Crippen molar-refractivity contribution in [1.29, 1.82) is 0 Å². The van der Waals surface area contributed by atoms with Crippen LogP contribution in [0.3, 0.4) is 0 Å². The number of hydrogen-bond acceptors (Lipinski definition) is 3. The number of rotatable bonds is 5. The fourth-order valence-electron chi connectivity index (χ4n) is 1.74. The van der Waals surface area contributed by atoms with Crippen molar-refractivity contribution >= 4 is 27.5 Å². The Balaban J connectivity index is 2.59. The minimum absolute atomic E-state index is 0.0414. The molecule has 17 heavy (non-hydrogen) atoms. The molecule has 1 fully saturated rings. The van der Waals surface area contributed by atoms with Crippen LogP contribution in [0.5, 0.6) is 0 Å². The van der Waals surface area contributed by atoms with Crippen molar-refractivity contribution in [3.63, 3.8) is 0 Å². The summed E-state index contributed by atoms with van der Waals surface area (Å²) in [5.74, 6) is -0.106. The van der Waals surface area contributed by atoms with E-state index in [1.165, 1.54) is 0 Å². The first-order valence-corrected chi connectivity index (χ1v) is 7.97. The summed E-state index contributed by atoms with van der Waals surface area (Å²) in [6.45, 7) is 2.38. The highest BCUT2D eigenvalue weighted by atomic mass is 35.5. The molecule has 1 aliphatic rings. The topological polar surface area (TPSA) is 75.3 Å². The molecule has 1 heterocycles. The van der Waals surface area contributed by atoms with Crippen LogP contribution in [0.2, 0.25) is 0 Å². The Hall–Kier alpha value is -0.330. The first kappa shape index (κ1) is 14.7. The summed E-state index contributed by atoms with van der Waals surface area (Å²) < 4.78 is 26.0. The van der Waals surface area contributed by atoms with E-state index in [1.54, 1.807) is 6.92 Å². The molecule has 7 heteroatoms. The van der Waals surface area contributed by atoms with Crippen LogP contribution in [0.15, 0.2) is 0 Å². The van der Waals surface area contributed by atoms with Crippen molar-refractivity contribution in [1.82, 2.24) is 10.0 Å². The molecule has 5 nitrogen and oxygen atoms in total. The molecular formula is C10H19ClN2O3S. The molecule has 0 radical (unpaired) electrons. The Bertz CT molecular complexity index is 359. The van der Waals surface area contributed by atoms with E-state index in [0.717, 1.165) is 12.8 Å². The van der Waals surface area contributed by atoms with Crippen molar-refractivity contribution in [3.8, 4) is 0 Å². The molecule has 1 rings (SSSR count). The van der Waals surface area contributed by atoms with Gasteiger partial charge in [0.2, 0.25) is 15.9 Å². The molecule has 0 saturated carbocycles.